The van der Waals surface area contributed by atoms with E-state index in [1.807, 2.05) is 35.1 Å². The Morgan fingerprint density at radius 3 is 2.80 bits per heavy atom. The van der Waals surface area contributed by atoms with Gasteiger partial charge in [-0.25, -0.2) is 0 Å². The maximum Gasteiger partial charge on any atom is 0.228 e. The minimum absolute atomic E-state index is 0.0155. The van der Waals surface area contributed by atoms with Gasteiger partial charge in [-0.05, 0) is 36.5 Å². The summed E-state index contributed by atoms with van der Waals surface area (Å²) >= 11 is 3.38. The van der Waals surface area contributed by atoms with Gasteiger partial charge in [0.2, 0.25) is 5.91 Å². The number of rotatable bonds is 5. The van der Waals surface area contributed by atoms with E-state index in [0.717, 1.165) is 28.2 Å². The Bertz CT molecular complexity index is 602. The predicted molar refractivity (Wildman–Crippen MR) is 81.4 cm³/mol. The first kappa shape index (κ1) is 13.4. The molecule has 1 saturated carbocycles. The Hall–Kier alpha value is -1.62. The van der Waals surface area contributed by atoms with Crippen molar-refractivity contribution in [2.75, 3.05) is 5.32 Å². The summed E-state index contributed by atoms with van der Waals surface area (Å²) in [5.41, 5.74) is 1.77. The van der Waals surface area contributed by atoms with Gasteiger partial charge in [0.1, 0.15) is 0 Å². The highest BCUT2D eigenvalue weighted by atomic mass is 79.9. The van der Waals surface area contributed by atoms with Gasteiger partial charge in [-0.15, -0.1) is 0 Å². The minimum atomic E-state index is -0.0155. The first-order valence-electron chi connectivity index (χ1n) is 6.76. The van der Waals surface area contributed by atoms with E-state index < -0.39 is 0 Å². The molecule has 1 heterocycles. The third kappa shape index (κ3) is 3.70. The molecule has 1 amide bonds. The lowest BCUT2D eigenvalue weighted by Gasteiger charge is -2.03. The number of hydrogen-bond donors (Lipinski definition) is 1. The monoisotopic (exact) mass is 333 g/mol. The molecule has 2 aromatic rings. The second-order valence-corrected chi connectivity index (χ2v) is 6.16. The van der Waals surface area contributed by atoms with Crippen molar-refractivity contribution in [2.45, 2.75) is 25.8 Å². The third-order valence-corrected chi connectivity index (χ3v) is 3.87. The average Bonchev–Trinajstić information content (AvgIpc) is 3.12. The Morgan fingerprint density at radius 1 is 1.35 bits per heavy atom. The van der Waals surface area contributed by atoms with E-state index in [1.165, 1.54) is 12.8 Å². The zero-order valence-corrected chi connectivity index (χ0v) is 12.6. The largest absolute Gasteiger partial charge is 0.323 e. The summed E-state index contributed by atoms with van der Waals surface area (Å²) in [5.74, 6) is 0.763. The number of amides is 1. The van der Waals surface area contributed by atoms with Gasteiger partial charge < -0.3 is 5.32 Å². The Kier molecular flexibility index (Phi) is 3.87. The Morgan fingerprint density at radius 2 is 2.10 bits per heavy atom. The number of hydrogen-bond acceptors (Lipinski definition) is 2. The number of carbonyl (C=O) groups is 1. The summed E-state index contributed by atoms with van der Waals surface area (Å²) in [6, 6.07) is 7.77. The molecule has 0 unspecified atom stereocenters. The lowest BCUT2D eigenvalue weighted by atomic mass is 10.1. The quantitative estimate of drug-likeness (QED) is 0.912. The number of anilines is 1. The topological polar surface area (TPSA) is 46.9 Å². The van der Waals surface area contributed by atoms with Gasteiger partial charge in [0.05, 0.1) is 18.3 Å². The Balaban J connectivity index is 1.55. The highest BCUT2D eigenvalue weighted by molar-refractivity contribution is 9.10. The normalized spacial score (nSPS) is 14.2. The smallest absolute Gasteiger partial charge is 0.228 e. The summed E-state index contributed by atoms with van der Waals surface area (Å²) in [6.45, 7) is 0.961. The molecule has 1 fully saturated rings. The van der Waals surface area contributed by atoms with Crippen molar-refractivity contribution in [3.05, 3.63) is 46.7 Å². The SMILES string of the molecule is O=C(Cc1ccc(Br)cc1)Nc1cnn(CC2CC2)c1. The fraction of sp³-hybridized carbons (Fsp3) is 0.333. The van der Waals surface area contributed by atoms with E-state index in [1.54, 1.807) is 6.20 Å². The van der Waals surface area contributed by atoms with Gasteiger partial charge >= 0.3 is 0 Å². The number of halogens is 1. The molecule has 1 aromatic heterocycles. The van der Waals surface area contributed by atoms with E-state index in [9.17, 15) is 4.79 Å². The van der Waals surface area contributed by atoms with E-state index in [0.29, 0.717) is 6.42 Å². The van der Waals surface area contributed by atoms with Crippen LogP contribution in [0.15, 0.2) is 41.1 Å². The molecule has 3 rings (SSSR count). The maximum atomic E-state index is 12.0. The van der Waals surface area contributed by atoms with Crippen LogP contribution in [0.4, 0.5) is 5.69 Å². The van der Waals surface area contributed by atoms with Crippen LogP contribution in [-0.4, -0.2) is 15.7 Å². The third-order valence-electron chi connectivity index (χ3n) is 3.34. The van der Waals surface area contributed by atoms with Crippen molar-refractivity contribution in [1.82, 2.24) is 9.78 Å². The molecule has 1 aliphatic rings. The standard InChI is InChI=1S/C15H16BrN3O/c16-13-5-3-11(4-6-13)7-15(20)18-14-8-17-19(10-14)9-12-1-2-12/h3-6,8,10,12H,1-2,7,9H2,(H,18,20). The fourth-order valence-electron chi connectivity index (χ4n) is 2.09. The number of nitrogens with zero attached hydrogens (tertiary/aromatic N) is 2. The highest BCUT2D eigenvalue weighted by Crippen LogP contribution is 2.30. The minimum Gasteiger partial charge on any atom is -0.323 e. The summed E-state index contributed by atoms with van der Waals surface area (Å²) in [5, 5.41) is 7.15. The van der Waals surface area contributed by atoms with E-state index in [2.05, 4.69) is 26.3 Å². The second kappa shape index (κ2) is 5.79. The van der Waals surface area contributed by atoms with Crippen molar-refractivity contribution < 1.29 is 4.79 Å². The van der Waals surface area contributed by atoms with Crippen LogP contribution in [0, 0.1) is 5.92 Å². The van der Waals surface area contributed by atoms with Gasteiger partial charge in [-0.2, -0.15) is 5.10 Å². The van der Waals surface area contributed by atoms with Gasteiger partial charge in [-0.1, -0.05) is 28.1 Å². The van der Waals surface area contributed by atoms with E-state index in [-0.39, 0.29) is 5.91 Å². The van der Waals surface area contributed by atoms with Crippen molar-refractivity contribution in [3.8, 4) is 0 Å². The van der Waals surface area contributed by atoms with Crippen molar-refractivity contribution in [3.63, 3.8) is 0 Å². The number of benzene rings is 1. The molecule has 20 heavy (non-hydrogen) atoms. The molecule has 0 radical (unpaired) electrons. The molecule has 0 saturated heterocycles. The molecule has 0 aliphatic heterocycles. The number of nitrogens with one attached hydrogen (secondary N) is 1. The van der Waals surface area contributed by atoms with Crippen LogP contribution in [0.3, 0.4) is 0 Å². The van der Waals surface area contributed by atoms with Gasteiger partial charge in [0.15, 0.2) is 0 Å². The molecular formula is C15H16BrN3O. The van der Waals surface area contributed by atoms with Crippen LogP contribution in [0.1, 0.15) is 18.4 Å². The molecule has 0 spiro atoms. The molecule has 1 aromatic carbocycles. The van der Waals surface area contributed by atoms with Crippen molar-refractivity contribution >= 4 is 27.5 Å². The van der Waals surface area contributed by atoms with Crippen LogP contribution < -0.4 is 5.32 Å². The predicted octanol–water partition coefficient (Wildman–Crippen LogP) is 3.24. The molecule has 1 N–H and O–H groups in total. The molecule has 0 bridgehead atoms. The van der Waals surface area contributed by atoms with E-state index in [4.69, 9.17) is 0 Å². The first-order valence-corrected chi connectivity index (χ1v) is 7.55. The molecular weight excluding hydrogens is 318 g/mol. The lowest BCUT2D eigenvalue weighted by molar-refractivity contribution is -0.115. The Labute approximate surface area is 126 Å². The zero-order chi connectivity index (χ0) is 13.9. The van der Waals surface area contributed by atoms with Gasteiger partial charge in [-0.3, -0.25) is 9.48 Å². The van der Waals surface area contributed by atoms with Crippen LogP contribution in [0.5, 0.6) is 0 Å². The van der Waals surface area contributed by atoms with Gasteiger partial charge in [0, 0.05) is 17.2 Å². The number of carbonyl (C=O) groups excluding carboxylic acids is 1. The van der Waals surface area contributed by atoms with Crippen LogP contribution in [0.25, 0.3) is 0 Å². The van der Waals surface area contributed by atoms with Crippen LogP contribution >= 0.6 is 15.9 Å². The summed E-state index contributed by atoms with van der Waals surface area (Å²) in [4.78, 5) is 12.0. The number of aromatic nitrogens is 2. The molecule has 1 aliphatic carbocycles. The highest BCUT2D eigenvalue weighted by Gasteiger charge is 2.22. The molecule has 104 valence electrons. The summed E-state index contributed by atoms with van der Waals surface area (Å²) in [6.07, 6.45) is 6.58. The summed E-state index contributed by atoms with van der Waals surface area (Å²) in [7, 11) is 0. The molecule has 4 nitrogen and oxygen atoms in total. The second-order valence-electron chi connectivity index (χ2n) is 5.25. The maximum absolute atomic E-state index is 12.0. The summed E-state index contributed by atoms with van der Waals surface area (Å²) < 4.78 is 2.93. The van der Waals surface area contributed by atoms with Gasteiger partial charge in [0.25, 0.3) is 0 Å². The zero-order valence-electron chi connectivity index (χ0n) is 11.1. The molecule has 5 heteroatoms. The lowest BCUT2D eigenvalue weighted by Crippen LogP contribution is -2.13. The molecule has 0 atom stereocenters. The van der Waals surface area contributed by atoms with Crippen molar-refractivity contribution in [2.24, 2.45) is 5.92 Å². The van der Waals surface area contributed by atoms with E-state index >= 15 is 0 Å². The van der Waals surface area contributed by atoms with Crippen molar-refractivity contribution in [1.29, 1.82) is 0 Å². The average molecular weight is 334 g/mol. The van der Waals surface area contributed by atoms with Crippen LogP contribution in [0.2, 0.25) is 0 Å². The van der Waals surface area contributed by atoms with Crippen LogP contribution in [-0.2, 0) is 17.8 Å². The fourth-order valence-corrected chi connectivity index (χ4v) is 2.35. The first-order chi connectivity index (χ1) is 9.69.